The van der Waals surface area contributed by atoms with E-state index in [0.717, 1.165) is 41.8 Å². The van der Waals surface area contributed by atoms with Crippen LogP contribution in [0.4, 0.5) is 0 Å². The molecular formula is C22H24N4O. The van der Waals surface area contributed by atoms with Crippen LogP contribution in [0.3, 0.4) is 0 Å². The largest absolute Gasteiger partial charge is 0.338 e. The number of nitrogens with one attached hydrogen (secondary N) is 1. The molecule has 1 unspecified atom stereocenters. The lowest BCUT2D eigenvalue weighted by Crippen LogP contribution is -2.39. The van der Waals surface area contributed by atoms with E-state index in [-0.39, 0.29) is 11.8 Å². The first-order valence-corrected chi connectivity index (χ1v) is 9.43. The SMILES string of the molecule is Cc1ccc(-c2cn[nH]c2C2CCCN(C(=O)c3cnccc3C)C2)cc1. The summed E-state index contributed by atoms with van der Waals surface area (Å²) in [6.07, 6.45) is 7.34. The van der Waals surface area contributed by atoms with Crippen LogP contribution in [-0.4, -0.2) is 39.1 Å². The van der Waals surface area contributed by atoms with E-state index in [1.807, 2.05) is 24.1 Å². The maximum atomic E-state index is 13.0. The number of aromatic amines is 1. The summed E-state index contributed by atoms with van der Waals surface area (Å²) in [5.74, 6) is 0.334. The third-order valence-corrected chi connectivity index (χ3v) is 5.42. The number of hydrogen-bond donors (Lipinski definition) is 1. The fraction of sp³-hybridized carbons (Fsp3) is 0.318. The van der Waals surface area contributed by atoms with Crippen LogP contribution in [0.25, 0.3) is 11.1 Å². The molecule has 4 rings (SSSR count). The van der Waals surface area contributed by atoms with Gasteiger partial charge in [-0.1, -0.05) is 29.8 Å². The number of aryl methyl sites for hydroxylation is 2. The Labute approximate surface area is 159 Å². The van der Waals surface area contributed by atoms with Crippen molar-refractivity contribution in [3.63, 3.8) is 0 Å². The van der Waals surface area contributed by atoms with Crippen molar-refractivity contribution in [3.05, 3.63) is 71.3 Å². The molecule has 1 atom stereocenters. The first-order chi connectivity index (χ1) is 13.1. The summed E-state index contributed by atoms with van der Waals surface area (Å²) < 4.78 is 0. The molecule has 138 valence electrons. The number of likely N-dealkylation sites (tertiary alicyclic amines) is 1. The van der Waals surface area contributed by atoms with Crippen LogP contribution in [0.1, 0.15) is 45.9 Å². The second-order valence-electron chi connectivity index (χ2n) is 7.34. The Morgan fingerprint density at radius 3 is 2.74 bits per heavy atom. The van der Waals surface area contributed by atoms with Crippen molar-refractivity contribution in [1.82, 2.24) is 20.1 Å². The molecule has 1 saturated heterocycles. The molecule has 0 spiro atoms. The lowest BCUT2D eigenvalue weighted by molar-refractivity contribution is 0.0705. The smallest absolute Gasteiger partial charge is 0.255 e. The first kappa shape index (κ1) is 17.5. The lowest BCUT2D eigenvalue weighted by Gasteiger charge is -2.33. The summed E-state index contributed by atoms with van der Waals surface area (Å²) in [5, 5.41) is 7.50. The molecule has 1 aromatic carbocycles. The van der Waals surface area contributed by atoms with Crippen LogP contribution >= 0.6 is 0 Å². The number of carbonyl (C=O) groups is 1. The maximum absolute atomic E-state index is 13.0. The summed E-state index contributed by atoms with van der Waals surface area (Å²) >= 11 is 0. The highest BCUT2D eigenvalue weighted by Crippen LogP contribution is 2.33. The van der Waals surface area contributed by atoms with E-state index in [0.29, 0.717) is 12.1 Å². The number of benzene rings is 1. The predicted octanol–water partition coefficient (Wildman–Crippen LogP) is 4.11. The summed E-state index contributed by atoms with van der Waals surface area (Å²) in [6, 6.07) is 10.4. The van der Waals surface area contributed by atoms with Crippen molar-refractivity contribution in [2.75, 3.05) is 13.1 Å². The number of carbonyl (C=O) groups excluding carboxylic acids is 1. The predicted molar refractivity (Wildman–Crippen MR) is 106 cm³/mol. The van der Waals surface area contributed by atoms with Gasteiger partial charge in [0.15, 0.2) is 0 Å². The summed E-state index contributed by atoms with van der Waals surface area (Å²) in [6.45, 7) is 5.54. The van der Waals surface area contributed by atoms with Gasteiger partial charge in [-0.2, -0.15) is 5.10 Å². The van der Waals surface area contributed by atoms with E-state index in [2.05, 4.69) is 46.4 Å². The maximum Gasteiger partial charge on any atom is 0.255 e. The molecule has 1 N–H and O–H groups in total. The summed E-state index contributed by atoms with van der Waals surface area (Å²) in [7, 11) is 0. The molecule has 1 aliphatic rings. The lowest BCUT2D eigenvalue weighted by atomic mass is 9.90. The van der Waals surface area contributed by atoms with Gasteiger partial charge < -0.3 is 4.90 Å². The molecule has 0 bridgehead atoms. The highest BCUT2D eigenvalue weighted by Gasteiger charge is 2.28. The summed E-state index contributed by atoms with van der Waals surface area (Å²) in [4.78, 5) is 19.1. The van der Waals surface area contributed by atoms with Gasteiger partial charge in [-0.3, -0.25) is 14.9 Å². The second kappa shape index (κ2) is 7.35. The third-order valence-electron chi connectivity index (χ3n) is 5.42. The number of H-pyrrole nitrogens is 1. The van der Waals surface area contributed by atoms with E-state index >= 15 is 0 Å². The Kier molecular flexibility index (Phi) is 4.75. The topological polar surface area (TPSA) is 61.9 Å². The highest BCUT2D eigenvalue weighted by atomic mass is 16.2. The van der Waals surface area contributed by atoms with E-state index < -0.39 is 0 Å². The quantitative estimate of drug-likeness (QED) is 0.765. The Morgan fingerprint density at radius 2 is 1.96 bits per heavy atom. The standard InChI is InChI=1S/C22H24N4O/c1-15-5-7-17(8-6-15)20-13-24-25-21(20)18-4-3-11-26(14-18)22(27)19-12-23-10-9-16(19)2/h5-10,12-13,18H,3-4,11,14H2,1-2H3,(H,24,25). The molecule has 1 fully saturated rings. The van der Waals surface area contributed by atoms with Gasteiger partial charge in [0.25, 0.3) is 5.91 Å². The molecule has 3 aromatic rings. The van der Waals surface area contributed by atoms with Crippen molar-refractivity contribution in [1.29, 1.82) is 0 Å². The molecule has 0 aliphatic carbocycles. The van der Waals surface area contributed by atoms with Crippen LogP contribution in [0.15, 0.2) is 48.9 Å². The number of pyridine rings is 1. The Bertz CT molecular complexity index is 945. The molecule has 1 amide bonds. The van der Waals surface area contributed by atoms with Crippen LogP contribution in [-0.2, 0) is 0 Å². The minimum absolute atomic E-state index is 0.0710. The van der Waals surface area contributed by atoms with Crippen LogP contribution in [0.2, 0.25) is 0 Å². The number of amides is 1. The van der Waals surface area contributed by atoms with Crippen molar-refractivity contribution in [3.8, 4) is 11.1 Å². The molecule has 27 heavy (non-hydrogen) atoms. The zero-order valence-corrected chi connectivity index (χ0v) is 15.8. The fourth-order valence-electron chi connectivity index (χ4n) is 3.83. The number of rotatable bonds is 3. The van der Waals surface area contributed by atoms with Gasteiger partial charge in [0.2, 0.25) is 0 Å². The van der Waals surface area contributed by atoms with Crippen molar-refractivity contribution < 1.29 is 4.79 Å². The first-order valence-electron chi connectivity index (χ1n) is 9.43. The van der Waals surface area contributed by atoms with Crippen LogP contribution in [0, 0.1) is 13.8 Å². The fourth-order valence-corrected chi connectivity index (χ4v) is 3.83. The van der Waals surface area contributed by atoms with Crippen molar-refractivity contribution in [2.45, 2.75) is 32.6 Å². The van der Waals surface area contributed by atoms with E-state index in [4.69, 9.17) is 0 Å². The molecule has 5 heteroatoms. The third kappa shape index (κ3) is 3.50. The zero-order chi connectivity index (χ0) is 18.8. The monoisotopic (exact) mass is 360 g/mol. The van der Waals surface area contributed by atoms with Gasteiger partial charge in [-0.05, 0) is 43.9 Å². The molecule has 0 radical (unpaired) electrons. The van der Waals surface area contributed by atoms with Gasteiger partial charge in [0.05, 0.1) is 11.8 Å². The van der Waals surface area contributed by atoms with Crippen molar-refractivity contribution in [2.24, 2.45) is 0 Å². The Morgan fingerprint density at radius 1 is 1.15 bits per heavy atom. The minimum Gasteiger partial charge on any atom is -0.338 e. The number of hydrogen-bond acceptors (Lipinski definition) is 3. The van der Waals surface area contributed by atoms with Crippen molar-refractivity contribution >= 4 is 5.91 Å². The summed E-state index contributed by atoms with van der Waals surface area (Å²) in [5.41, 5.74) is 6.33. The molecular weight excluding hydrogens is 336 g/mol. The molecule has 0 saturated carbocycles. The molecule has 2 aromatic heterocycles. The average Bonchev–Trinajstić information content (AvgIpc) is 3.18. The molecule has 5 nitrogen and oxygen atoms in total. The van der Waals surface area contributed by atoms with E-state index in [1.54, 1.807) is 12.4 Å². The minimum atomic E-state index is 0.0710. The van der Waals surface area contributed by atoms with Gasteiger partial charge in [-0.25, -0.2) is 0 Å². The Hall–Kier alpha value is -2.95. The zero-order valence-electron chi connectivity index (χ0n) is 15.8. The Balaban J connectivity index is 1.58. The van der Waals surface area contributed by atoms with E-state index in [1.165, 1.54) is 5.56 Å². The molecule has 1 aliphatic heterocycles. The highest BCUT2D eigenvalue weighted by molar-refractivity contribution is 5.95. The van der Waals surface area contributed by atoms with Gasteiger partial charge in [-0.15, -0.1) is 0 Å². The normalized spacial score (nSPS) is 17.1. The average molecular weight is 360 g/mol. The number of aromatic nitrogens is 3. The van der Waals surface area contributed by atoms with Crippen LogP contribution < -0.4 is 0 Å². The molecule has 3 heterocycles. The van der Waals surface area contributed by atoms with Gasteiger partial charge in [0, 0.05) is 42.7 Å². The van der Waals surface area contributed by atoms with Crippen LogP contribution in [0.5, 0.6) is 0 Å². The van der Waals surface area contributed by atoms with Gasteiger partial charge >= 0.3 is 0 Å². The van der Waals surface area contributed by atoms with E-state index in [9.17, 15) is 4.79 Å². The number of piperidine rings is 1. The number of nitrogens with zero attached hydrogens (tertiary/aromatic N) is 3. The van der Waals surface area contributed by atoms with Gasteiger partial charge in [0.1, 0.15) is 0 Å². The second-order valence-corrected chi connectivity index (χ2v) is 7.34.